The summed E-state index contributed by atoms with van der Waals surface area (Å²) in [4.78, 5) is 20.2. The van der Waals surface area contributed by atoms with Gasteiger partial charge in [-0.25, -0.2) is 9.97 Å². The molecule has 270 valence electrons. The van der Waals surface area contributed by atoms with E-state index in [2.05, 4.69) is 175 Å². The lowest BCUT2D eigenvalue weighted by Gasteiger charge is -2.17. The van der Waals surface area contributed by atoms with Gasteiger partial charge in [-0.15, -0.1) is 0 Å². The molecule has 11 rings (SSSR count). The first-order valence-electron chi connectivity index (χ1n) is 19.5. The summed E-state index contributed by atoms with van der Waals surface area (Å²) < 4.78 is 0. The maximum atomic E-state index is 5.43. The predicted molar refractivity (Wildman–Crippen MR) is 240 cm³/mol. The fraction of sp³-hybridized carbons (Fsp3) is 0. The zero-order valence-electron chi connectivity index (χ0n) is 31.4. The van der Waals surface area contributed by atoms with E-state index in [1.165, 1.54) is 26.9 Å². The van der Waals surface area contributed by atoms with Crippen LogP contribution in [0.25, 0.3) is 111 Å². The second-order valence-corrected chi connectivity index (χ2v) is 14.6. The predicted octanol–water partition coefficient (Wildman–Crippen LogP) is 13.9. The number of pyridine rings is 4. The Morgan fingerprint density at radius 3 is 1.60 bits per heavy atom. The molecule has 0 N–H and O–H groups in total. The minimum atomic E-state index is 0.804. The molecule has 0 atom stereocenters. The Bertz CT molecular complexity index is 3200. The number of benzene rings is 7. The Labute approximate surface area is 335 Å². The molecule has 0 saturated heterocycles. The smallest absolute Gasteiger partial charge is 0.0899 e. The average Bonchev–Trinajstić information content (AvgIpc) is 3.31. The lowest BCUT2D eigenvalue weighted by atomic mass is 9.89. The standard InChI is InChI=1S/C54H34N4/c1-2-13-35(14-3-1)40-28-29-49(56-34-40)51-33-41(32-50(57-51)37-26-24-36(25-27-37)47-22-10-11-30-55-47)38-15-12-16-39(31-38)54-53-45-20-7-5-18-43(45)42-17-4-6-19-44(42)52(53)46-21-8-9-23-48(46)58-54/h1-34H. The lowest BCUT2D eigenvalue weighted by molar-refractivity contribution is 1.25. The molecule has 4 aromatic heterocycles. The normalized spacial score (nSPS) is 11.4. The van der Waals surface area contributed by atoms with Gasteiger partial charge in [-0.1, -0.05) is 152 Å². The number of hydrogen-bond donors (Lipinski definition) is 0. The number of fused-ring (bicyclic) bond motifs is 8. The lowest BCUT2D eigenvalue weighted by Crippen LogP contribution is -1.95. The topological polar surface area (TPSA) is 51.6 Å². The monoisotopic (exact) mass is 738 g/mol. The van der Waals surface area contributed by atoms with Crippen LogP contribution in [-0.2, 0) is 0 Å². The van der Waals surface area contributed by atoms with Gasteiger partial charge in [0, 0.05) is 50.8 Å². The summed E-state index contributed by atoms with van der Waals surface area (Å²) in [5, 5.41) is 8.45. The minimum absolute atomic E-state index is 0.804. The largest absolute Gasteiger partial charge is 0.256 e. The molecular weight excluding hydrogens is 705 g/mol. The van der Waals surface area contributed by atoms with Gasteiger partial charge in [0.15, 0.2) is 0 Å². The number of aromatic nitrogens is 4. The van der Waals surface area contributed by atoms with Crippen LogP contribution in [0.4, 0.5) is 0 Å². The third kappa shape index (κ3) is 5.87. The molecule has 4 heterocycles. The van der Waals surface area contributed by atoms with Gasteiger partial charge in [0.2, 0.25) is 0 Å². The van der Waals surface area contributed by atoms with Crippen molar-refractivity contribution in [2.75, 3.05) is 0 Å². The van der Waals surface area contributed by atoms with E-state index in [9.17, 15) is 0 Å². The Kier molecular flexibility index (Phi) is 8.11. The summed E-state index contributed by atoms with van der Waals surface area (Å²) in [5.74, 6) is 0. The van der Waals surface area contributed by atoms with Crippen LogP contribution in [-0.4, -0.2) is 19.9 Å². The van der Waals surface area contributed by atoms with Crippen molar-refractivity contribution in [2.24, 2.45) is 0 Å². The van der Waals surface area contributed by atoms with Crippen LogP contribution in [0.5, 0.6) is 0 Å². The first-order chi connectivity index (χ1) is 28.7. The van der Waals surface area contributed by atoms with Gasteiger partial charge >= 0.3 is 0 Å². The maximum absolute atomic E-state index is 5.43. The summed E-state index contributed by atoms with van der Waals surface area (Å²) in [6, 6.07) is 68.1. The van der Waals surface area contributed by atoms with E-state index in [1.807, 2.05) is 36.7 Å². The van der Waals surface area contributed by atoms with E-state index in [0.29, 0.717) is 0 Å². The number of para-hydroxylation sites is 1. The van der Waals surface area contributed by atoms with E-state index in [-0.39, 0.29) is 0 Å². The Morgan fingerprint density at radius 2 is 0.879 bits per heavy atom. The fourth-order valence-electron chi connectivity index (χ4n) is 8.35. The van der Waals surface area contributed by atoms with E-state index in [1.54, 1.807) is 0 Å². The first-order valence-corrected chi connectivity index (χ1v) is 19.5. The third-order valence-corrected chi connectivity index (χ3v) is 11.1. The highest BCUT2D eigenvalue weighted by molar-refractivity contribution is 6.33. The Hall–Kier alpha value is -7.82. The Morgan fingerprint density at radius 1 is 0.276 bits per heavy atom. The van der Waals surface area contributed by atoms with E-state index < -0.39 is 0 Å². The summed E-state index contributed by atoms with van der Waals surface area (Å²) >= 11 is 0. The summed E-state index contributed by atoms with van der Waals surface area (Å²) in [5.41, 5.74) is 12.8. The molecule has 58 heavy (non-hydrogen) atoms. The number of nitrogens with zero attached hydrogens (tertiary/aromatic N) is 4. The molecule has 7 aromatic carbocycles. The molecule has 0 spiro atoms. The van der Waals surface area contributed by atoms with Gasteiger partial charge in [-0.2, -0.15) is 0 Å². The molecule has 4 nitrogen and oxygen atoms in total. The molecule has 0 unspecified atom stereocenters. The van der Waals surface area contributed by atoms with E-state index in [4.69, 9.17) is 15.0 Å². The zero-order valence-corrected chi connectivity index (χ0v) is 31.4. The summed E-state index contributed by atoms with van der Waals surface area (Å²) in [6.07, 6.45) is 3.76. The molecule has 0 aliphatic carbocycles. The van der Waals surface area contributed by atoms with Gasteiger partial charge in [-0.05, 0) is 80.7 Å². The molecule has 4 heteroatoms. The quantitative estimate of drug-likeness (QED) is 0.159. The van der Waals surface area contributed by atoms with Crippen molar-refractivity contribution < 1.29 is 0 Å². The Balaban J connectivity index is 1.10. The minimum Gasteiger partial charge on any atom is -0.256 e. The highest BCUT2D eigenvalue weighted by Gasteiger charge is 2.18. The van der Waals surface area contributed by atoms with Gasteiger partial charge < -0.3 is 0 Å². The molecule has 11 aromatic rings. The first kappa shape index (κ1) is 33.5. The molecule has 0 aliphatic heterocycles. The van der Waals surface area contributed by atoms with Crippen LogP contribution < -0.4 is 0 Å². The maximum Gasteiger partial charge on any atom is 0.0899 e. The second kappa shape index (κ2) is 14.0. The average molecular weight is 739 g/mol. The van der Waals surface area contributed by atoms with Crippen molar-refractivity contribution in [3.63, 3.8) is 0 Å². The van der Waals surface area contributed by atoms with Crippen LogP contribution in [0.15, 0.2) is 207 Å². The summed E-state index contributed by atoms with van der Waals surface area (Å²) in [7, 11) is 0. The molecular formula is C54H34N4. The van der Waals surface area contributed by atoms with Gasteiger partial charge in [0.05, 0.1) is 34.0 Å². The molecule has 0 amide bonds. The van der Waals surface area contributed by atoms with Crippen LogP contribution >= 0.6 is 0 Å². The number of hydrogen-bond acceptors (Lipinski definition) is 4. The van der Waals surface area contributed by atoms with Crippen molar-refractivity contribution in [2.45, 2.75) is 0 Å². The van der Waals surface area contributed by atoms with Crippen molar-refractivity contribution in [1.82, 2.24) is 19.9 Å². The van der Waals surface area contributed by atoms with Crippen LogP contribution in [0.2, 0.25) is 0 Å². The molecule has 0 radical (unpaired) electrons. The van der Waals surface area contributed by atoms with Crippen LogP contribution in [0.3, 0.4) is 0 Å². The molecule has 0 saturated carbocycles. The SMILES string of the molecule is c1ccc(-c2ccc(-c3cc(-c4cccc(-c5nc6ccccc6c6c7ccccc7c7ccccc7c56)c4)cc(-c4ccc(-c5ccccn5)cc4)n3)nc2)cc1. The van der Waals surface area contributed by atoms with Gasteiger partial charge in [-0.3, -0.25) is 9.97 Å². The van der Waals surface area contributed by atoms with Gasteiger partial charge in [0.25, 0.3) is 0 Å². The molecule has 0 aliphatic rings. The zero-order chi connectivity index (χ0) is 38.4. The van der Waals surface area contributed by atoms with Crippen molar-refractivity contribution >= 4 is 43.2 Å². The van der Waals surface area contributed by atoms with Crippen LogP contribution in [0, 0.1) is 0 Å². The summed E-state index contributed by atoms with van der Waals surface area (Å²) in [6.45, 7) is 0. The van der Waals surface area contributed by atoms with Gasteiger partial charge in [0.1, 0.15) is 0 Å². The highest BCUT2D eigenvalue weighted by atomic mass is 14.8. The highest BCUT2D eigenvalue weighted by Crippen LogP contribution is 2.43. The van der Waals surface area contributed by atoms with E-state index in [0.717, 1.165) is 83.7 Å². The van der Waals surface area contributed by atoms with Crippen molar-refractivity contribution in [1.29, 1.82) is 0 Å². The van der Waals surface area contributed by atoms with Crippen LogP contribution in [0.1, 0.15) is 0 Å². The van der Waals surface area contributed by atoms with E-state index >= 15 is 0 Å². The van der Waals surface area contributed by atoms with Crippen molar-refractivity contribution in [3.8, 4) is 67.4 Å². The molecule has 0 bridgehead atoms. The molecule has 0 fully saturated rings. The number of rotatable bonds is 6. The fourth-order valence-corrected chi connectivity index (χ4v) is 8.35. The second-order valence-electron chi connectivity index (χ2n) is 14.6. The van der Waals surface area contributed by atoms with Crippen molar-refractivity contribution in [3.05, 3.63) is 207 Å². The third-order valence-electron chi connectivity index (χ3n) is 11.1.